The Balaban J connectivity index is 1.79. The van der Waals surface area contributed by atoms with Gasteiger partial charge >= 0.3 is 0 Å². The Hall–Kier alpha value is -2.72. The summed E-state index contributed by atoms with van der Waals surface area (Å²) < 4.78 is 1.97. The maximum absolute atomic E-state index is 13.4. The van der Waals surface area contributed by atoms with Crippen LogP contribution in [0, 0.1) is 5.92 Å². The van der Waals surface area contributed by atoms with Crippen LogP contribution in [-0.4, -0.2) is 50.1 Å². The molecule has 0 aliphatic carbocycles. The molecule has 4 rings (SSSR count). The van der Waals surface area contributed by atoms with Crippen LogP contribution in [-0.2, 0) is 9.59 Å². The number of nitrogens with two attached hydrogens (primary N) is 1. The monoisotopic (exact) mass is 457 g/mol. The van der Waals surface area contributed by atoms with E-state index in [0.717, 1.165) is 6.42 Å². The highest BCUT2D eigenvalue weighted by atomic mass is 32.2. The van der Waals surface area contributed by atoms with Gasteiger partial charge in [0.15, 0.2) is 0 Å². The van der Waals surface area contributed by atoms with Gasteiger partial charge in [-0.15, -0.1) is 0 Å². The third kappa shape index (κ3) is 4.09. The SMILES string of the molecule is CCCN1C(=O)/C(=C/c2c(N3CCC(C(N)=O)CC3)nc3ccccn3c2=O)SC1=S. The molecular formula is C21H23N5O3S2. The number of fused-ring (bicyclic) bond motifs is 1. The quantitative estimate of drug-likeness (QED) is 0.541. The number of nitrogens with zero attached hydrogens (tertiary/aromatic N) is 4. The number of carbonyl (C=O) groups is 2. The molecule has 0 aromatic carbocycles. The number of rotatable bonds is 5. The Morgan fingerprint density at radius 1 is 1.32 bits per heavy atom. The first kappa shape index (κ1) is 21.5. The Kier molecular flexibility index (Phi) is 6.10. The number of pyridine rings is 1. The number of amides is 2. The summed E-state index contributed by atoms with van der Waals surface area (Å²) in [6, 6.07) is 5.35. The van der Waals surface area contributed by atoms with E-state index in [1.165, 1.54) is 16.2 Å². The average Bonchev–Trinajstić information content (AvgIpc) is 3.03. The van der Waals surface area contributed by atoms with Gasteiger partial charge in [-0.25, -0.2) is 4.98 Å². The molecule has 2 aromatic heterocycles. The molecule has 2 aromatic rings. The largest absolute Gasteiger partial charge is 0.369 e. The highest BCUT2D eigenvalue weighted by Gasteiger charge is 2.33. The molecule has 10 heteroatoms. The van der Waals surface area contributed by atoms with Crippen molar-refractivity contribution in [2.24, 2.45) is 11.7 Å². The van der Waals surface area contributed by atoms with Gasteiger partial charge in [0.1, 0.15) is 15.8 Å². The molecule has 2 aliphatic rings. The van der Waals surface area contributed by atoms with Crippen molar-refractivity contribution in [3.63, 3.8) is 0 Å². The van der Waals surface area contributed by atoms with E-state index < -0.39 is 0 Å². The fraction of sp³-hybridized carbons (Fsp3) is 0.381. The number of hydrogen-bond donors (Lipinski definition) is 1. The molecule has 4 heterocycles. The second-order valence-corrected chi connectivity index (χ2v) is 9.26. The smallest absolute Gasteiger partial charge is 0.267 e. The van der Waals surface area contributed by atoms with Crippen LogP contribution in [0.4, 0.5) is 5.82 Å². The highest BCUT2D eigenvalue weighted by Crippen LogP contribution is 2.34. The zero-order valence-electron chi connectivity index (χ0n) is 17.1. The van der Waals surface area contributed by atoms with Crippen molar-refractivity contribution in [1.82, 2.24) is 14.3 Å². The molecule has 0 atom stereocenters. The van der Waals surface area contributed by atoms with Gasteiger partial charge in [-0.3, -0.25) is 23.7 Å². The lowest BCUT2D eigenvalue weighted by atomic mass is 9.96. The van der Waals surface area contributed by atoms with Crippen LogP contribution in [0.3, 0.4) is 0 Å². The van der Waals surface area contributed by atoms with Gasteiger partial charge in [0, 0.05) is 31.7 Å². The summed E-state index contributed by atoms with van der Waals surface area (Å²) in [5.41, 5.74) is 6.08. The first-order valence-corrected chi connectivity index (χ1v) is 11.4. The lowest BCUT2D eigenvalue weighted by molar-refractivity contribution is -0.123. The summed E-state index contributed by atoms with van der Waals surface area (Å²) >= 11 is 6.56. The van der Waals surface area contributed by atoms with E-state index in [1.54, 1.807) is 29.3 Å². The zero-order chi connectivity index (χ0) is 22.1. The molecule has 8 nitrogen and oxygen atoms in total. The van der Waals surface area contributed by atoms with Crippen LogP contribution in [0.2, 0.25) is 0 Å². The summed E-state index contributed by atoms with van der Waals surface area (Å²) in [4.78, 5) is 46.5. The molecule has 2 fully saturated rings. The van der Waals surface area contributed by atoms with Gasteiger partial charge in [-0.05, 0) is 37.5 Å². The highest BCUT2D eigenvalue weighted by molar-refractivity contribution is 8.26. The molecule has 2 N–H and O–H groups in total. The molecule has 2 amide bonds. The summed E-state index contributed by atoms with van der Waals surface area (Å²) in [6.45, 7) is 3.64. The average molecular weight is 458 g/mol. The van der Waals surface area contributed by atoms with Crippen LogP contribution >= 0.6 is 24.0 Å². The Labute approximate surface area is 189 Å². The Morgan fingerprint density at radius 3 is 2.74 bits per heavy atom. The minimum Gasteiger partial charge on any atom is -0.369 e. The van der Waals surface area contributed by atoms with E-state index in [2.05, 4.69) is 0 Å². The fourth-order valence-corrected chi connectivity index (χ4v) is 5.17. The third-order valence-corrected chi connectivity index (χ3v) is 6.92. The molecule has 162 valence electrons. The second kappa shape index (κ2) is 8.80. The van der Waals surface area contributed by atoms with E-state index in [0.29, 0.717) is 58.7 Å². The van der Waals surface area contributed by atoms with E-state index in [4.69, 9.17) is 22.9 Å². The lowest BCUT2D eigenvalue weighted by Crippen LogP contribution is -2.40. The van der Waals surface area contributed by atoms with E-state index >= 15 is 0 Å². The first-order valence-electron chi connectivity index (χ1n) is 10.2. The number of anilines is 1. The van der Waals surface area contributed by atoms with Crippen molar-refractivity contribution >= 4 is 57.7 Å². The van der Waals surface area contributed by atoms with Gasteiger partial charge in [0.2, 0.25) is 5.91 Å². The fourth-order valence-electron chi connectivity index (χ4n) is 3.88. The molecular weight excluding hydrogens is 434 g/mol. The van der Waals surface area contributed by atoms with E-state index in [9.17, 15) is 14.4 Å². The third-order valence-electron chi connectivity index (χ3n) is 5.54. The first-order chi connectivity index (χ1) is 14.9. The van der Waals surface area contributed by atoms with Crippen LogP contribution < -0.4 is 16.2 Å². The standard InChI is InChI=1S/C21H23N5O3S2/c1-2-8-26-20(29)15(31-21(26)30)12-14-18(24-10-6-13(7-11-24)17(22)27)23-16-5-3-4-9-25(16)19(14)28/h3-5,9,12-13H,2,6-8,10-11H2,1H3,(H2,22,27)/b15-12-. The number of primary amides is 1. The number of aromatic nitrogens is 2. The van der Waals surface area contributed by atoms with Crippen LogP contribution in [0.15, 0.2) is 34.1 Å². The molecule has 0 unspecified atom stereocenters. The summed E-state index contributed by atoms with van der Waals surface area (Å²) in [5.74, 6) is -0.148. The molecule has 0 bridgehead atoms. The van der Waals surface area contributed by atoms with Crippen molar-refractivity contribution in [3.8, 4) is 0 Å². The number of thioether (sulfide) groups is 1. The summed E-state index contributed by atoms with van der Waals surface area (Å²) in [7, 11) is 0. The zero-order valence-corrected chi connectivity index (χ0v) is 18.7. The van der Waals surface area contributed by atoms with Crippen molar-refractivity contribution < 1.29 is 9.59 Å². The van der Waals surface area contributed by atoms with E-state index in [1.807, 2.05) is 17.9 Å². The molecule has 0 spiro atoms. The number of thiocarbonyl (C=S) groups is 1. The molecule has 31 heavy (non-hydrogen) atoms. The van der Waals surface area contributed by atoms with Crippen LogP contribution in [0.5, 0.6) is 0 Å². The van der Waals surface area contributed by atoms with Gasteiger partial charge < -0.3 is 10.6 Å². The predicted molar refractivity (Wildman–Crippen MR) is 126 cm³/mol. The number of carbonyl (C=O) groups excluding carboxylic acids is 2. The predicted octanol–water partition coefficient (Wildman–Crippen LogP) is 2.01. The molecule has 2 saturated heterocycles. The maximum atomic E-state index is 13.4. The topological polar surface area (TPSA) is 101 Å². The van der Waals surface area contributed by atoms with E-state index in [-0.39, 0.29) is 23.3 Å². The van der Waals surface area contributed by atoms with Gasteiger partial charge in [0.25, 0.3) is 11.5 Å². The molecule has 2 aliphatic heterocycles. The van der Waals surface area contributed by atoms with Crippen molar-refractivity contribution in [2.75, 3.05) is 24.5 Å². The van der Waals surface area contributed by atoms with Crippen molar-refractivity contribution in [2.45, 2.75) is 26.2 Å². The number of piperidine rings is 1. The van der Waals surface area contributed by atoms with Crippen LogP contribution in [0.1, 0.15) is 31.7 Å². The number of hydrogen-bond acceptors (Lipinski definition) is 7. The second-order valence-electron chi connectivity index (χ2n) is 7.58. The van der Waals surface area contributed by atoms with Gasteiger partial charge in [-0.2, -0.15) is 0 Å². The molecule has 0 radical (unpaired) electrons. The van der Waals surface area contributed by atoms with Gasteiger partial charge in [-0.1, -0.05) is 37.0 Å². The van der Waals surface area contributed by atoms with Crippen molar-refractivity contribution in [3.05, 3.63) is 45.2 Å². The maximum Gasteiger partial charge on any atom is 0.267 e. The summed E-state index contributed by atoms with van der Waals surface area (Å²) in [6.07, 6.45) is 5.26. The summed E-state index contributed by atoms with van der Waals surface area (Å²) in [5, 5.41) is 0. The molecule has 0 saturated carbocycles. The minimum atomic E-state index is -0.300. The normalized spacial score (nSPS) is 19.1. The van der Waals surface area contributed by atoms with Crippen molar-refractivity contribution in [1.29, 1.82) is 0 Å². The lowest BCUT2D eigenvalue weighted by Gasteiger charge is -2.32. The minimum absolute atomic E-state index is 0.174. The Morgan fingerprint density at radius 2 is 2.06 bits per heavy atom. The van der Waals surface area contributed by atoms with Gasteiger partial charge in [0.05, 0.1) is 10.5 Å². The Bertz CT molecular complexity index is 1150. The van der Waals surface area contributed by atoms with Crippen LogP contribution in [0.25, 0.3) is 11.7 Å².